The van der Waals surface area contributed by atoms with Gasteiger partial charge in [0.1, 0.15) is 11.6 Å². The first kappa shape index (κ1) is 19.4. The molecule has 1 unspecified atom stereocenters. The van der Waals surface area contributed by atoms with E-state index in [9.17, 15) is 14.6 Å². The molecule has 0 aliphatic rings. The van der Waals surface area contributed by atoms with Gasteiger partial charge in [0.15, 0.2) is 0 Å². The lowest BCUT2D eigenvalue weighted by atomic mass is 10.0. The number of rotatable bonds is 7. The molecular formula is C18H23ClFNO2. The molecule has 0 bridgehead atoms. The Hall–Kier alpha value is -1.62. The summed E-state index contributed by atoms with van der Waals surface area (Å²) >= 11 is 0. The number of nitrogens with one attached hydrogen (secondary N) is 1. The van der Waals surface area contributed by atoms with E-state index in [1.165, 1.54) is 6.07 Å². The van der Waals surface area contributed by atoms with Gasteiger partial charge in [0.05, 0.1) is 6.10 Å². The first-order valence-corrected chi connectivity index (χ1v) is 7.50. The molecule has 0 saturated carbocycles. The van der Waals surface area contributed by atoms with Crippen LogP contribution in [0.3, 0.4) is 0 Å². The lowest BCUT2D eigenvalue weighted by Gasteiger charge is -2.18. The summed E-state index contributed by atoms with van der Waals surface area (Å²) in [6, 6.07) is 13.6. The number of hydrogen-bond donors (Lipinski definition) is 3. The molecule has 0 aliphatic heterocycles. The van der Waals surface area contributed by atoms with E-state index in [1.54, 1.807) is 30.3 Å². The van der Waals surface area contributed by atoms with Crippen LogP contribution in [-0.2, 0) is 6.42 Å². The Morgan fingerprint density at radius 3 is 2.39 bits per heavy atom. The molecule has 0 radical (unpaired) electrons. The number of aliphatic hydroxyl groups excluding tert-OH is 1. The first-order valence-electron chi connectivity index (χ1n) is 7.50. The molecule has 23 heavy (non-hydrogen) atoms. The van der Waals surface area contributed by atoms with Gasteiger partial charge >= 0.3 is 0 Å². The zero-order valence-corrected chi connectivity index (χ0v) is 13.9. The smallest absolute Gasteiger partial charge is 0.129 e. The maximum absolute atomic E-state index is 13.6. The minimum absolute atomic E-state index is 0. The normalized spacial score (nSPS) is 13.2. The minimum Gasteiger partial charge on any atom is -0.508 e. The van der Waals surface area contributed by atoms with Crippen LogP contribution in [0.1, 0.15) is 30.6 Å². The number of hydrogen-bond acceptors (Lipinski definition) is 3. The summed E-state index contributed by atoms with van der Waals surface area (Å²) in [6.45, 7) is 2.35. The summed E-state index contributed by atoms with van der Waals surface area (Å²) in [5.74, 6) is -0.114. The van der Waals surface area contributed by atoms with Crippen molar-refractivity contribution in [1.29, 1.82) is 0 Å². The van der Waals surface area contributed by atoms with E-state index in [1.807, 2.05) is 19.1 Å². The van der Waals surface area contributed by atoms with Gasteiger partial charge in [-0.2, -0.15) is 0 Å². The van der Waals surface area contributed by atoms with Crippen molar-refractivity contribution >= 4 is 12.4 Å². The Labute approximate surface area is 142 Å². The molecule has 0 aliphatic carbocycles. The van der Waals surface area contributed by atoms with E-state index in [2.05, 4.69) is 5.32 Å². The molecule has 0 saturated heterocycles. The van der Waals surface area contributed by atoms with Crippen molar-refractivity contribution in [1.82, 2.24) is 5.32 Å². The second-order valence-electron chi connectivity index (χ2n) is 5.55. The summed E-state index contributed by atoms with van der Waals surface area (Å²) in [6.07, 6.45) is 0.927. The summed E-state index contributed by atoms with van der Waals surface area (Å²) in [4.78, 5) is 0. The summed E-state index contributed by atoms with van der Waals surface area (Å²) in [7, 11) is 0. The predicted octanol–water partition coefficient (Wildman–Crippen LogP) is 3.60. The van der Waals surface area contributed by atoms with Crippen LogP contribution in [0.15, 0.2) is 48.5 Å². The van der Waals surface area contributed by atoms with Crippen LogP contribution in [-0.4, -0.2) is 22.8 Å². The van der Waals surface area contributed by atoms with E-state index in [4.69, 9.17) is 0 Å². The van der Waals surface area contributed by atoms with Crippen LogP contribution >= 0.6 is 12.4 Å². The topological polar surface area (TPSA) is 52.5 Å². The maximum atomic E-state index is 13.6. The van der Waals surface area contributed by atoms with Gasteiger partial charge in [-0.3, -0.25) is 0 Å². The lowest BCUT2D eigenvalue weighted by Crippen LogP contribution is -2.31. The molecule has 2 aromatic rings. The van der Waals surface area contributed by atoms with Gasteiger partial charge in [-0.05, 0) is 43.5 Å². The van der Waals surface area contributed by atoms with Crippen LogP contribution in [0.2, 0.25) is 0 Å². The fraction of sp³-hybridized carbons (Fsp3) is 0.333. The van der Waals surface area contributed by atoms with Crippen molar-refractivity contribution in [2.45, 2.75) is 31.9 Å². The Morgan fingerprint density at radius 2 is 1.74 bits per heavy atom. The third-order valence-corrected chi connectivity index (χ3v) is 3.73. The number of halogens is 2. The highest BCUT2D eigenvalue weighted by atomic mass is 35.5. The zero-order valence-electron chi connectivity index (χ0n) is 13.1. The molecule has 3 N–H and O–H groups in total. The van der Waals surface area contributed by atoms with Crippen LogP contribution in [0.4, 0.5) is 4.39 Å². The molecule has 2 atom stereocenters. The van der Waals surface area contributed by atoms with Gasteiger partial charge in [-0.15, -0.1) is 12.4 Å². The molecule has 126 valence electrons. The number of phenols is 1. The fourth-order valence-corrected chi connectivity index (χ4v) is 2.32. The number of aliphatic hydroxyl groups is 1. The highest BCUT2D eigenvalue weighted by Gasteiger charge is 2.13. The van der Waals surface area contributed by atoms with E-state index < -0.39 is 6.10 Å². The third kappa shape index (κ3) is 6.18. The second-order valence-corrected chi connectivity index (χ2v) is 5.55. The maximum Gasteiger partial charge on any atom is 0.129 e. The van der Waals surface area contributed by atoms with E-state index in [-0.39, 0.29) is 30.0 Å². The zero-order chi connectivity index (χ0) is 15.9. The quantitative estimate of drug-likeness (QED) is 0.722. The summed E-state index contributed by atoms with van der Waals surface area (Å²) < 4.78 is 13.6. The lowest BCUT2D eigenvalue weighted by molar-refractivity contribution is 0.165. The Kier molecular flexibility index (Phi) is 8.03. The van der Waals surface area contributed by atoms with Crippen LogP contribution in [0, 0.1) is 5.82 Å². The fourth-order valence-electron chi connectivity index (χ4n) is 2.32. The van der Waals surface area contributed by atoms with Crippen LogP contribution in [0.5, 0.6) is 5.75 Å². The third-order valence-electron chi connectivity index (χ3n) is 3.73. The highest BCUT2D eigenvalue weighted by molar-refractivity contribution is 5.85. The van der Waals surface area contributed by atoms with Crippen molar-refractivity contribution in [3.05, 3.63) is 65.5 Å². The molecule has 0 heterocycles. The molecule has 3 nitrogen and oxygen atoms in total. The minimum atomic E-state index is -0.850. The molecule has 5 heteroatoms. The molecule has 0 aromatic heterocycles. The van der Waals surface area contributed by atoms with E-state index in [0.29, 0.717) is 12.1 Å². The second kappa shape index (κ2) is 9.50. The monoisotopic (exact) mass is 339 g/mol. The van der Waals surface area contributed by atoms with Gasteiger partial charge < -0.3 is 15.5 Å². The Bertz CT molecular complexity index is 592. The SMILES string of the molecule is C[C@H](CCc1ccc(O)cc1)NCC(O)c1ccccc1F.Cl. The molecular weight excluding hydrogens is 317 g/mol. The molecule has 2 aromatic carbocycles. The van der Waals surface area contributed by atoms with Crippen LogP contribution in [0.25, 0.3) is 0 Å². The van der Waals surface area contributed by atoms with Gasteiger partial charge in [0, 0.05) is 18.2 Å². The number of phenolic OH excluding ortho intramolecular Hbond substituents is 1. The molecule has 0 amide bonds. The summed E-state index contributed by atoms with van der Waals surface area (Å²) in [5.41, 5.74) is 1.47. The average molecular weight is 340 g/mol. The Morgan fingerprint density at radius 1 is 1.09 bits per heavy atom. The molecule has 2 rings (SSSR count). The predicted molar refractivity (Wildman–Crippen MR) is 92.5 cm³/mol. The number of aryl methyl sites for hydroxylation is 1. The highest BCUT2D eigenvalue weighted by Crippen LogP contribution is 2.16. The van der Waals surface area contributed by atoms with Gasteiger partial charge in [0.25, 0.3) is 0 Å². The van der Waals surface area contributed by atoms with Crippen molar-refractivity contribution < 1.29 is 14.6 Å². The Balaban J connectivity index is 0.00000264. The van der Waals surface area contributed by atoms with Gasteiger partial charge in [0.2, 0.25) is 0 Å². The van der Waals surface area contributed by atoms with Gasteiger partial charge in [-0.1, -0.05) is 30.3 Å². The number of aromatic hydroxyl groups is 1. The van der Waals surface area contributed by atoms with E-state index >= 15 is 0 Å². The van der Waals surface area contributed by atoms with Gasteiger partial charge in [-0.25, -0.2) is 4.39 Å². The van der Waals surface area contributed by atoms with Crippen LogP contribution < -0.4 is 5.32 Å². The molecule has 0 spiro atoms. The van der Waals surface area contributed by atoms with E-state index in [0.717, 1.165) is 18.4 Å². The average Bonchev–Trinajstić information content (AvgIpc) is 2.52. The molecule has 0 fully saturated rings. The standard InChI is InChI=1S/C18H22FNO2.ClH/c1-13(6-7-14-8-10-15(21)11-9-14)20-12-18(22)16-4-2-3-5-17(16)19;/h2-5,8-11,13,18,20-22H,6-7,12H2,1H3;1H/t13-,18?;/m1./s1. The van der Waals surface area contributed by atoms with Crippen molar-refractivity contribution in [2.75, 3.05) is 6.54 Å². The first-order chi connectivity index (χ1) is 10.6. The number of benzene rings is 2. The largest absolute Gasteiger partial charge is 0.508 e. The van der Waals surface area contributed by atoms with Crippen molar-refractivity contribution in [3.63, 3.8) is 0 Å². The van der Waals surface area contributed by atoms with Crippen molar-refractivity contribution in [2.24, 2.45) is 0 Å². The van der Waals surface area contributed by atoms with Crippen molar-refractivity contribution in [3.8, 4) is 5.75 Å². The summed E-state index contributed by atoms with van der Waals surface area (Å²) in [5, 5.41) is 22.5.